The monoisotopic (exact) mass is 332 g/mol. The molecule has 0 radical (unpaired) electrons. The number of morpholine rings is 1. The molecule has 1 amide bonds. The third kappa shape index (κ3) is 4.67. The Labute approximate surface area is 131 Å². The molecule has 1 atom stereocenters. The number of thiophene rings is 1. The molecule has 1 unspecified atom stereocenters. The predicted octanol–water partition coefficient (Wildman–Crippen LogP) is 1.15. The zero-order valence-electron chi connectivity index (χ0n) is 11.6. The number of carboxylic acid groups (broad SMARTS) is 1. The molecule has 2 rings (SSSR count). The molecular formula is C13H17ClN2O4S. The van der Waals surface area contributed by atoms with E-state index in [2.05, 4.69) is 0 Å². The van der Waals surface area contributed by atoms with E-state index in [4.69, 9.17) is 21.4 Å². The Morgan fingerprint density at radius 3 is 2.95 bits per heavy atom. The van der Waals surface area contributed by atoms with E-state index in [1.54, 1.807) is 18.0 Å². The van der Waals surface area contributed by atoms with Gasteiger partial charge in [-0.1, -0.05) is 11.6 Å². The van der Waals surface area contributed by atoms with Crippen molar-refractivity contribution < 1.29 is 19.4 Å². The number of likely N-dealkylation sites (N-methyl/N-ethyl adjacent to an activating group) is 1. The molecule has 116 valence electrons. The number of aliphatic carboxylic acids is 1. The summed E-state index contributed by atoms with van der Waals surface area (Å²) in [5, 5.41) is 8.94. The third-order valence-electron chi connectivity index (χ3n) is 3.23. The van der Waals surface area contributed by atoms with Crippen LogP contribution in [0.1, 0.15) is 4.88 Å². The van der Waals surface area contributed by atoms with Crippen molar-refractivity contribution in [2.45, 2.75) is 12.6 Å². The van der Waals surface area contributed by atoms with Crippen molar-refractivity contribution in [1.29, 1.82) is 0 Å². The molecule has 1 aliphatic rings. The quantitative estimate of drug-likeness (QED) is 0.875. The van der Waals surface area contributed by atoms with Crippen molar-refractivity contribution in [3.05, 3.63) is 21.3 Å². The maximum Gasteiger partial charge on any atom is 0.334 e. The summed E-state index contributed by atoms with van der Waals surface area (Å²) in [6.07, 6.45) is -0.854. The van der Waals surface area contributed by atoms with Crippen molar-refractivity contribution in [2.75, 3.05) is 33.3 Å². The Morgan fingerprint density at radius 1 is 1.57 bits per heavy atom. The molecule has 0 spiro atoms. The van der Waals surface area contributed by atoms with E-state index >= 15 is 0 Å². The number of carbonyl (C=O) groups excluding carboxylic acids is 1. The Bertz CT molecular complexity index is 522. The highest BCUT2D eigenvalue weighted by molar-refractivity contribution is 7.16. The van der Waals surface area contributed by atoms with Crippen molar-refractivity contribution in [1.82, 2.24) is 9.80 Å². The Morgan fingerprint density at radius 2 is 2.33 bits per heavy atom. The standard InChI is InChI=1S/C13H17ClN2O4S/c1-15(6-9-2-3-11(14)21-9)12(17)8-16-4-5-20-10(7-16)13(18)19/h2-3,10H,4-8H2,1H3,(H,18,19). The van der Waals surface area contributed by atoms with Gasteiger partial charge in [0, 0.05) is 25.0 Å². The van der Waals surface area contributed by atoms with E-state index in [-0.39, 0.29) is 19.0 Å². The first-order valence-corrected chi connectivity index (χ1v) is 7.70. The van der Waals surface area contributed by atoms with Crippen molar-refractivity contribution in [2.24, 2.45) is 0 Å². The normalized spacial score (nSPS) is 19.4. The van der Waals surface area contributed by atoms with E-state index in [1.807, 2.05) is 11.0 Å². The third-order valence-corrected chi connectivity index (χ3v) is 4.45. The van der Waals surface area contributed by atoms with E-state index in [1.165, 1.54) is 11.3 Å². The molecule has 0 aromatic carbocycles. The summed E-state index contributed by atoms with van der Waals surface area (Å²) in [5.74, 6) is -1.04. The SMILES string of the molecule is CN(Cc1ccc(Cl)s1)C(=O)CN1CCOC(C(=O)O)C1. The van der Waals surface area contributed by atoms with Crippen LogP contribution in [-0.4, -0.2) is 66.2 Å². The number of halogens is 1. The minimum atomic E-state index is -0.992. The second-order valence-electron chi connectivity index (χ2n) is 4.89. The van der Waals surface area contributed by atoms with Crippen LogP contribution in [0, 0.1) is 0 Å². The summed E-state index contributed by atoms with van der Waals surface area (Å²) in [6.45, 7) is 1.83. The number of hydrogen-bond donors (Lipinski definition) is 1. The van der Waals surface area contributed by atoms with E-state index in [9.17, 15) is 9.59 Å². The Balaban J connectivity index is 1.84. The van der Waals surface area contributed by atoms with Gasteiger partial charge in [-0.2, -0.15) is 0 Å². The van der Waals surface area contributed by atoms with Gasteiger partial charge in [-0.15, -0.1) is 11.3 Å². The second kappa shape index (κ2) is 7.22. The highest BCUT2D eigenvalue weighted by Gasteiger charge is 2.27. The summed E-state index contributed by atoms with van der Waals surface area (Å²) >= 11 is 7.31. The smallest absolute Gasteiger partial charge is 0.334 e. The van der Waals surface area contributed by atoms with Crippen LogP contribution < -0.4 is 0 Å². The number of amides is 1. The first-order valence-electron chi connectivity index (χ1n) is 6.50. The lowest BCUT2D eigenvalue weighted by Gasteiger charge is -2.31. The summed E-state index contributed by atoms with van der Waals surface area (Å²) in [6, 6.07) is 3.70. The fourth-order valence-corrected chi connectivity index (χ4v) is 3.21. The van der Waals surface area contributed by atoms with Crippen LogP contribution in [0.2, 0.25) is 4.34 Å². The van der Waals surface area contributed by atoms with E-state index in [0.29, 0.717) is 24.0 Å². The van der Waals surface area contributed by atoms with Crippen molar-refractivity contribution >= 4 is 34.8 Å². The highest BCUT2D eigenvalue weighted by atomic mass is 35.5. The van der Waals surface area contributed by atoms with Crippen LogP contribution in [0.3, 0.4) is 0 Å². The fraction of sp³-hybridized carbons (Fsp3) is 0.538. The average Bonchev–Trinajstić information content (AvgIpc) is 2.84. The van der Waals surface area contributed by atoms with Gasteiger partial charge >= 0.3 is 5.97 Å². The van der Waals surface area contributed by atoms with Crippen molar-refractivity contribution in [3.8, 4) is 0 Å². The maximum atomic E-state index is 12.2. The minimum Gasteiger partial charge on any atom is -0.479 e. The molecule has 1 aromatic heterocycles. The highest BCUT2D eigenvalue weighted by Crippen LogP contribution is 2.22. The van der Waals surface area contributed by atoms with Crippen LogP contribution in [-0.2, 0) is 20.9 Å². The molecule has 0 saturated carbocycles. The van der Waals surface area contributed by atoms with Crippen LogP contribution in [0.4, 0.5) is 0 Å². The Hall–Kier alpha value is -1.15. The van der Waals surface area contributed by atoms with Gasteiger partial charge in [-0.05, 0) is 12.1 Å². The van der Waals surface area contributed by atoms with E-state index in [0.717, 1.165) is 4.88 Å². The summed E-state index contributed by atoms with van der Waals surface area (Å²) < 4.78 is 5.83. The fourth-order valence-electron chi connectivity index (χ4n) is 2.07. The summed E-state index contributed by atoms with van der Waals surface area (Å²) in [7, 11) is 1.73. The van der Waals surface area contributed by atoms with Gasteiger partial charge in [0.2, 0.25) is 5.91 Å². The minimum absolute atomic E-state index is 0.0504. The van der Waals surface area contributed by atoms with Gasteiger partial charge in [0.15, 0.2) is 6.10 Å². The van der Waals surface area contributed by atoms with Crippen LogP contribution in [0.25, 0.3) is 0 Å². The first kappa shape index (κ1) is 16.2. The number of carboxylic acids is 1. The molecule has 1 aliphatic heterocycles. The lowest BCUT2D eigenvalue weighted by molar-refractivity contribution is -0.157. The van der Waals surface area contributed by atoms with Crippen LogP contribution >= 0.6 is 22.9 Å². The van der Waals surface area contributed by atoms with Gasteiger partial charge in [-0.25, -0.2) is 4.79 Å². The molecule has 6 nitrogen and oxygen atoms in total. The average molecular weight is 333 g/mol. The lowest BCUT2D eigenvalue weighted by atomic mass is 10.2. The maximum absolute atomic E-state index is 12.2. The van der Waals surface area contributed by atoms with Gasteiger partial charge in [-0.3, -0.25) is 9.69 Å². The van der Waals surface area contributed by atoms with Crippen LogP contribution in [0.5, 0.6) is 0 Å². The van der Waals surface area contributed by atoms with E-state index < -0.39 is 12.1 Å². The van der Waals surface area contributed by atoms with Gasteiger partial charge in [0.05, 0.1) is 24.0 Å². The molecule has 0 bridgehead atoms. The molecule has 1 fully saturated rings. The number of ether oxygens (including phenoxy) is 1. The van der Waals surface area contributed by atoms with Gasteiger partial charge in [0.25, 0.3) is 0 Å². The largest absolute Gasteiger partial charge is 0.479 e. The molecule has 1 saturated heterocycles. The number of nitrogens with zero attached hydrogens (tertiary/aromatic N) is 2. The number of carbonyl (C=O) groups is 2. The topological polar surface area (TPSA) is 70.1 Å². The lowest BCUT2D eigenvalue weighted by Crippen LogP contribution is -2.49. The molecule has 1 aromatic rings. The second-order valence-corrected chi connectivity index (χ2v) is 6.69. The predicted molar refractivity (Wildman–Crippen MR) is 79.6 cm³/mol. The summed E-state index contributed by atoms with van der Waals surface area (Å²) in [4.78, 5) is 27.5. The summed E-state index contributed by atoms with van der Waals surface area (Å²) in [5.41, 5.74) is 0. The molecule has 0 aliphatic carbocycles. The van der Waals surface area contributed by atoms with Gasteiger partial charge < -0.3 is 14.7 Å². The molecule has 2 heterocycles. The molecule has 21 heavy (non-hydrogen) atoms. The van der Waals surface area contributed by atoms with Gasteiger partial charge in [0.1, 0.15) is 0 Å². The molecule has 1 N–H and O–H groups in total. The van der Waals surface area contributed by atoms with Crippen LogP contribution in [0.15, 0.2) is 12.1 Å². The number of rotatable bonds is 5. The number of hydrogen-bond acceptors (Lipinski definition) is 5. The first-order chi connectivity index (χ1) is 9.95. The zero-order chi connectivity index (χ0) is 15.4. The zero-order valence-corrected chi connectivity index (χ0v) is 13.2. The van der Waals surface area contributed by atoms with Crippen molar-refractivity contribution in [3.63, 3.8) is 0 Å². The molecular weight excluding hydrogens is 316 g/mol. The Kier molecular flexibility index (Phi) is 5.58. The molecule has 8 heteroatoms.